The lowest BCUT2D eigenvalue weighted by molar-refractivity contribution is -0.116. The summed E-state index contributed by atoms with van der Waals surface area (Å²) in [7, 11) is -3.55. The van der Waals surface area contributed by atoms with Crippen LogP contribution < -0.4 is 4.72 Å². The molecule has 5 nitrogen and oxygen atoms in total. The zero-order valence-electron chi connectivity index (χ0n) is 9.56. The summed E-state index contributed by atoms with van der Waals surface area (Å²) in [5.41, 5.74) is 0.220. The van der Waals surface area contributed by atoms with Crippen LogP contribution >= 0.6 is 0 Å². The van der Waals surface area contributed by atoms with E-state index >= 15 is 0 Å². The van der Waals surface area contributed by atoms with Gasteiger partial charge in [0, 0.05) is 6.42 Å². The minimum Gasteiger partial charge on any atom is -0.300 e. The molecule has 6 heteroatoms. The Labute approximate surface area is 99.9 Å². The smallest absolute Gasteiger partial charge is 0.266 e. The number of rotatable bonds is 1. The fraction of sp³-hybridized carbons (Fsp3) is 0.273. The minimum absolute atomic E-state index is 0.0648. The molecule has 92 valence electrons. The third kappa shape index (κ3) is 3.13. The number of hydrogen-bond acceptors (Lipinski definition) is 4. The van der Waals surface area contributed by atoms with E-state index in [4.69, 9.17) is 0 Å². The maximum absolute atomic E-state index is 11.1. The van der Waals surface area contributed by atoms with Crippen LogP contribution in [0.25, 0.3) is 0 Å². The first-order valence-corrected chi connectivity index (χ1v) is 6.52. The van der Waals surface area contributed by atoms with E-state index in [0.717, 1.165) is 0 Å². The maximum Gasteiger partial charge on any atom is 0.266 e. The number of Topliss-reactive ketones (excluding diaryl/α,β-unsaturated/α-hetero) is 1. The lowest BCUT2D eigenvalue weighted by Crippen LogP contribution is -2.20. The summed E-state index contributed by atoms with van der Waals surface area (Å²) in [6.07, 6.45) is 0.667. The molecule has 0 saturated carbocycles. The molecule has 1 aliphatic heterocycles. The summed E-state index contributed by atoms with van der Waals surface area (Å²) in [6.45, 7) is 3.43. The van der Waals surface area contributed by atoms with Gasteiger partial charge in [0.15, 0.2) is 0 Å². The van der Waals surface area contributed by atoms with E-state index < -0.39 is 15.9 Å². The van der Waals surface area contributed by atoms with Crippen molar-refractivity contribution in [2.24, 2.45) is 0 Å². The van der Waals surface area contributed by atoms with E-state index in [-0.39, 0.29) is 16.2 Å². The normalized spacial score (nSPS) is 15.3. The average Bonchev–Trinajstić information content (AvgIpc) is 2.51. The van der Waals surface area contributed by atoms with E-state index in [1.807, 2.05) is 11.6 Å². The second-order valence-electron chi connectivity index (χ2n) is 3.49. The van der Waals surface area contributed by atoms with E-state index in [1.165, 1.54) is 12.1 Å². The standard InChI is InChI=1S/C7H5NO3S.C4H8O/c9-7-5-3-1-2-4-6(5)12(10,11)8-7;1-3-4(2)5/h1-4H,(H,8,9);3H2,1-2H3. The molecule has 0 bridgehead atoms. The van der Waals surface area contributed by atoms with Crippen LogP contribution in [0.5, 0.6) is 0 Å². The minimum atomic E-state index is -3.55. The van der Waals surface area contributed by atoms with Crippen molar-refractivity contribution in [3.8, 4) is 0 Å². The van der Waals surface area contributed by atoms with Crippen LogP contribution in [0.15, 0.2) is 29.2 Å². The van der Waals surface area contributed by atoms with Gasteiger partial charge in [0.1, 0.15) is 10.7 Å². The molecule has 1 aliphatic rings. The van der Waals surface area contributed by atoms with Crippen LogP contribution in [0, 0.1) is 0 Å². The van der Waals surface area contributed by atoms with E-state index in [2.05, 4.69) is 0 Å². The molecule has 0 saturated heterocycles. The van der Waals surface area contributed by atoms with Gasteiger partial charge in [-0.15, -0.1) is 0 Å². The Morgan fingerprint density at radius 3 is 2.29 bits per heavy atom. The van der Waals surface area contributed by atoms with Crippen molar-refractivity contribution in [1.82, 2.24) is 4.72 Å². The molecule has 0 aromatic heterocycles. The van der Waals surface area contributed by atoms with Crippen LogP contribution in [0.3, 0.4) is 0 Å². The number of hydrogen-bond donors (Lipinski definition) is 1. The van der Waals surface area contributed by atoms with Crippen molar-refractivity contribution in [3.63, 3.8) is 0 Å². The topological polar surface area (TPSA) is 80.3 Å². The number of amides is 1. The summed E-state index contributed by atoms with van der Waals surface area (Å²) in [5.74, 6) is -0.296. The van der Waals surface area contributed by atoms with Gasteiger partial charge in [-0.1, -0.05) is 19.1 Å². The number of ketones is 1. The highest BCUT2D eigenvalue weighted by Gasteiger charge is 2.31. The van der Waals surface area contributed by atoms with Gasteiger partial charge in [-0.25, -0.2) is 13.1 Å². The molecular weight excluding hydrogens is 242 g/mol. The Kier molecular flexibility index (Phi) is 4.01. The van der Waals surface area contributed by atoms with E-state index in [0.29, 0.717) is 6.42 Å². The lowest BCUT2D eigenvalue weighted by Gasteiger charge is -1.91. The van der Waals surface area contributed by atoms with Gasteiger partial charge in [-0.2, -0.15) is 0 Å². The number of carbonyl (C=O) groups excluding carboxylic acids is 2. The molecule has 1 N–H and O–H groups in total. The van der Waals surface area contributed by atoms with Gasteiger partial charge in [-0.3, -0.25) is 4.79 Å². The number of nitrogens with one attached hydrogen (secondary N) is 1. The Bertz CT molecular complexity index is 548. The SMILES string of the molecule is CCC(C)=O.O=C1NS(=O)(=O)c2ccccc21. The molecule has 1 aromatic carbocycles. The first-order valence-electron chi connectivity index (χ1n) is 5.04. The van der Waals surface area contributed by atoms with Crippen molar-refractivity contribution >= 4 is 21.7 Å². The van der Waals surface area contributed by atoms with Crippen LogP contribution in [-0.2, 0) is 14.8 Å². The van der Waals surface area contributed by atoms with Crippen LogP contribution in [-0.4, -0.2) is 20.1 Å². The largest absolute Gasteiger partial charge is 0.300 e. The summed E-state index contributed by atoms with van der Waals surface area (Å²) in [5, 5.41) is 0. The maximum atomic E-state index is 11.1. The molecule has 0 atom stereocenters. The molecule has 2 rings (SSSR count). The predicted octanol–water partition coefficient (Wildman–Crippen LogP) is 1.10. The average molecular weight is 255 g/mol. The quantitative estimate of drug-likeness (QED) is 0.815. The number of sulfonamides is 1. The fourth-order valence-electron chi connectivity index (χ4n) is 1.12. The molecule has 17 heavy (non-hydrogen) atoms. The molecule has 0 unspecified atom stereocenters. The van der Waals surface area contributed by atoms with Crippen LogP contribution in [0.2, 0.25) is 0 Å². The van der Waals surface area contributed by atoms with Gasteiger partial charge in [0.05, 0.1) is 5.56 Å². The predicted molar refractivity (Wildman–Crippen MR) is 62.1 cm³/mol. The lowest BCUT2D eigenvalue weighted by atomic mass is 10.2. The molecule has 0 aliphatic carbocycles. The Morgan fingerprint density at radius 1 is 1.29 bits per heavy atom. The summed E-state index contributed by atoms with van der Waals surface area (Å²) in [6, 6.07) is 6.09. The summed E-state index contributed by atoms with van der Waals surface area (Å²) < 4.78 is 24.2. The molecule has 0 radical (unpaired) electrons. The number of carbonyl (C=O) groups is 2. The summed E-state index contributed by atoms with van der Waals surface area (Å²) >= 11 is 0. The Hall–Kier alpha value is -1.69. The Balaban J connectivity index is 0.000000249. The highest BCUT2D eigenvalue weighted by molar-refractivity contribution is 7.90. The highest BCUT2D eigenvalue weighted by Crippen LogP contribution is 2.20. The van der Waals surface area contributed by atoms with Gasteiger partial charge >= 0.3 is 0 Å². The van der Waals surface area contributed by atoms with Crippen molar-refractivity contribution in [2.75, 3.05) is 0 Å². The van der Waals surface area contributed by atoms with E-state index in [9.17, 15) is 18.0 Å². The van der Waals surface area contributed by atoms with Crippen molar-refractivity contribution in [2.45, 2.75) is 25.2 Å². The van der Waals surface area contributed by atoms with Gasteiger partial charge in [0.25, 0.3) is 15.9 Å². The number of benzene rings is 1. The zero-order valence-corrected chi connectivity index (χ0v) is 10.4. The molecular formula is C11H13NO4S. The summed E-state index contributed by atoms with van der Waals surface area (Å²) in [4.78, 5) is 20.9. The first kappa shape index (κ1) is 13.4. The highest BCUT2D eigenvalue weighted by atomic mass is 32.2. The van der Waals surface area contributed by atoms with E-state index in [1.54, 1.807) is 19.1 Å². The van der Waals surface area contributed by atoms with Crippen LogP contribution in [0.4, 0.5) is 0 Å². The van der Waals surface area contributed by atoms with Crippen LogP contribution in [0.1, 0.15) is 30.6 Å². The molecule has 1 aromatic rings. The van der Waals surface area contributed by atoms with Crippen molar-refractivity contribution < 1.29 is 18.0 Å². The van der Waals surface area contributed by atoms with Crippen molar-refractivity contribution in [3.05, 3.63) is 29.8 Å². The molecule has 1 heterocycles. The van der Waals surface area contributed by atoms with Gasteiger partial charge < -0.3 is 4.79 Å². The molecule has 0 spiro atoms. The zero-order chi connectivity index (χ0) is 13.1. The molecule has 0 fully saturated rings. The van der Waals surface area contributed by atoms with Gasteiger partial charge in [-0.05, 0) is 19.1 Å². The van der Waals surface area contributed by atoms with Crippen molar-refractivity contribution in [1.29, 1.82) is 0 Å². The first-order chi connectivity index (χ1) is 7.88. The molecule has 1 amide bonds. The third-order valence-corrected chi connectivity index (χ3v) is 3.54. The second kappa shape index (κ2) is 5.09. The third-order valence-electron chi connectivity index (χ3n) is 2.15. The number of fused-ring (bicyclic) bond motifs is 1. The Morgan fingerprint density at radius 2 is 1.82 bits per heavy atom. The van der Waals surface area contributed by atoms with Gasteiger partial charge in [0.2, 0.25) is 0 Å². The fourth-order valence-corrected chi connectivity index (χ4v) is 2.29. The second-order valence-corrected chi connectivity index (χ2v) is 5.14. The monoisotopic (exact) mass is 255 g/mol.